The minimum atomic E-state index is -0.852. The second kappa shape index (κ2) is 6.98. The van der Waals surface area contributed by atoms with Crippen molar-refractivity contribution in [2.24, 2.45) is 0 Å². The maximum absolute atomic E-state index is 9.96. The average Bonchev–Trinajstić information content (AvgIpc) is 2.55. The summed E-state index contributed by atoms with van der Waals surface area (Å²) < 4.78 is 16.0. The number of aliphatic hydroxyl groups is 1. The van der Waals surface area contributed by atoms with Gasteiger partial charge in [-0.1, -0.05) is 11.6 Å². The molecule has 2 N–H and O–H groups in total. The third-order valence-corrected chi connectivity index (χ3v) is 3.83. The number of phenols is 1. The second-order valence-corrected chi connectivity index (χ2v) is 5.39. The third kappa shape index (κ3) is 3.30. The molecule has 0 bridgehead atoms. The Morgan fingerprint density at radius 3 is 1.87 bits per heavy atom. The van der Waals surface area contributed by atoms with E-state index in [0.29, 0.717) is 28.4 Å². The first-order valence-electron chi connectivity index (χ1n) is 6.93. The van der Waals surface area contributed by atoms with Crippen LogP contribution in [-0.4, -0.2) is 31.5 Å². The van der Waals surface area contributed by atoms with Crippen molar-refractivity contribution in [1.29, 1.82) is 0 Å². The summed E-state index contributed by atoms with van der Waals surface area (Å²) in [5.74, 6) is 1.37. The van der Waals surface area contributed by atoms with Gasteiger partial charge in [-0.2, -0.15) is 0 Å². The standard InChI is InChI=1S/C17H19ClO5/c1-9(19)12-5-10(6-13(18)16(12)20)11-7-14(21-2)17(23-4)15(8-11)22-3/h5-9,19-20H,1-4H3. The molecular weight excluding hydrogens is 320 g/mol. The van der Waals surface area contributed by atoms with E-state index in [1.165, 1.54) is 21.3 Å². The fourth-order valence-electron chi connectivity index (χ4n) is 2.35. The second-order valence-electron chi connectivity index (χ2n) is 4.99. The fraction of sp³-hybridized carbons (Fsp3) is 0.294. The smallest absolute Gasteiger partial charge is 0.203 e. The van der Waals surface area contributed by atoms with Gasteiger partial charge in [-0.3, -0.25) is 0 Å². The lowest BCUT2D eigenvalue weighted by molar-refractivity contribution is 0.195. The van der Waals surface area contributed by atoms with Crippen LogP contribution in [0.15, 0.2) is 24.3 Å². The zero-order chi connectivity index (χ0) is 17.1. The lowest BCUT2D eigenvalue weighted by atomic mass is 9.99. The molecule has 23 heavy (non-hydrogen) atoms. The van der Waals surface area contributed by atoms with Crippen molar-refractivity contribution < 1.29 is 24.4 Å². The van der Waals surface area contributed by atoms with Crippen molar-refractivity contribution in [2.45, 2.75) is 13.0 Å². The van der Waals surface area contributed by atoms with E-state index in [4.69, 9.17) is 25.8 Å². The maximum Gasteiger partial charge on any atom is 0.203 e. The lowest BCUT2D eigenvalue weighted by Crippen LogP contribution is -1.97. The third-order valence-electron chi connectivity index (χ3n) is 3.54. The zero-order valence-corrected chi connectivity index (χ0v) is 14.1. The van der Waals surface area contributed by atoms with Crippen molar-refractivity contribution in [3.05, 3.63) is 34.9 Å². The van der Waals surface area contributed by atoms with E-state index in [1.54, 1.807) is 31.2 Å². The maximum atomic E-state index is 9.96. The Morgan fingerprint density at radius 2 is 1.43 bits per heavy atom. The zero-order valence-electron chi connectivity index (χ0n) is 13.4. The molecule has 0 saturated carbocycles. The highest BCUT2D eigenvalue weighted by molar-refractivity contribution is 6.32. The molecule has 2 rings (SSSR count). The largest absolute Gasteiger partial charge is 0.506 e. The summed E-state index contributed by atoms with van der Waals surface area (Å²) >= 11 is 6.07. The minimum Gasteiger partial charge on any atom is -0.506 e. The number of aliphatic hydroxyl groups excluding tert-OH is 1. The van der Waals surface area contributed by atoms with Gasteiger partial charge in [0.1, 0.15) is 5.75 Å². The predicted octanol–water partition coefficient (Wildman–Crippen LogP) is 3.79. The van der Waals surface area contributed by atoms with Crippen LogP contribution in [0.2, 0.25) is 5.02 Å². The number of rotatable bonds is 5. The summed E-state index contributed by atoms with van der Waals surface area (Å²) in [5, 5.41) is 19.9. The van der Waals surface area contributed by atoms with Crippen molar-refractivity contribution in [3.63, 3.8) is 0 Å². The van der Waals surface area contributed by atoms with Gasteiger partial charge in [0.05, 0.1) is 32.5 Å². The fourth-order valence-corrected chi connectivity index (χ4v) is 2.58. The molecule has 0 aliphatic heterocycles. The number of hydrogen-bond acceptors (Lipinski definition) is 5. The summed E-state index contributed by atoms with van der Waals surface area (Å²) in [6.45, 7) is 1.56. The molecule has 0 radical (unpaired) electrons. The van der Waals surface area contributed by atoms with E-state index < -0.39 is 6.10 Å². The van der Waals surface area contributed by atoms with Gasteiger partial charge < -0.3 is 24.4 Å². The summed E-state index contributed by atoms with van der Waals surface area (Å²) in [6.07, 6.45) is -0.852. The van der Waals surface area contributed by atoms with E-state index in [-0.39, 0.29) is 10.8 Å². The van der Waals surface area contributed by atoms with Crippen LogP contribution in [0.3, 0.4) is 0 Å². The topological polar surface area (TPSA) is 68.2 Å². The number of hydrogen-bond donors (Lipinski definition) is 2. The lowest BCUT2D eigenvalue weighted by Gasteiger charge is -2.16. The molecule has 0 amide bonds. The average molecular weight is 339 g/mol. The van der Waals surface area contributed by atoms with E-state index >= 15 is 0 Å². The molecule has 0 spiro atoms. The number of ether oxygens (including phenoxy) is 3. The first-order chi connectivity index (χ1) is 10.9. The van der Waals surface area contributed by atoms with Crippen LogP contribution in [0.4, 0.5) is 0 Å². The van der Waals surface area contributed by atoms with Crippen LogP contribution in [0.25, 0.3) is 11.1 Å². The molecule has 0 aliphatic carbocycles. The van der Waals surface area contributed by atoms with Crippen molar-refractivity contribution in [3.8, 4) is 34.1 Å². The minimum absolute atomic E-state index is 0.127. The molecule has 0 fully saturated rings. The van der Waals surface area contributed by atoms with E-state index in [2.05, 4.69) is 0 Å². The Kier molecular flexibility index (Phi) is 5.23. The molecular formula is C17H19ClO5. The van der Waals surface area contributed by atoms with Crippen LogP contribution < -0.4 is 14.2 Å². The van der Waals surface area contributed by atoms with Crippen molar-refractivity contribution >= 4 is 11.6 Å². The first-order valence-corrected chi connectivity index (χ1v) is 7.31. The van der Waals surface area contributed by atoms with Crippen LogP contribution >= 0.6 is 11.6 Å². The Morgan fingerprint density at radius 1 is 0.913 bits per heavy atom. The van der Waals surface area contributed by atoms with Gasteiger partial charge in [0.25, 0.3) is 0 Å². The number of benzene rings is 2. The van der Waals surface area contributed by atoms with Crippen LogP contribution in [0.1, 0.15) is 18.6 Å². The number of methoxy groups -OCH3 is 3. The molecule has 124 valence electrons. The van der Waals surface area contributed by atoms with E-state index in [1.807, 2.05) is 0 Å². The normalized spacial score (nSPS) is 11.9. The Labute approximate surface area is 140 Å². The Bertz CT molecular complexity index is 687. The van der Waals surface area contributed by atoms with Crippen LogP contribution in [0, 0.1) is 0 Å². The Hall–Kier alpha value is -2.11. The molecule has 1 unspecified atom stereocenters. The van der Waals surface area contributed by atoms with Crippen LogP contribution in [0.5, 0.6) is 23.0 Å². The number of halogens is 1. The number of aromatic hydroxyl groups is 1. The van der Waals surface area contributed by atoms with Gasteiger partial charge in [0.2, 0.25) is 5.75 Å². The molecule has 0 aromatic heterocycles. The highest BCUT2D eigenvalue weighted by Gasteiger charge is 2.17. The number of phenolic OH excluding ortho intramolecular Hbond substituents is 1. The molecule has 2 aromatic rings. The molecule has 0 saturated heterocycles. The molecule has 6 heteroatoms. The van der Waals surface area contributed by atoms with Gasteiger partial charge in [-0.15, -0.1) is 0 Å². The van der Waals surface area contributed by atoms with Crippen molar-refractivity contribution in [2.75, 3.05) is 21.3 Å². The first kappa shape index (κ1) is 17.2. The van der Waals surface area contributed by atoms with E-state index in [0.717, 1.165) is 5.56 Å². The van der Waals surface area contributed by atoms with Gasteiger partial charge in [0, 0.05) is 5.56 Å². The predicted molar refractivity (Wildman–Crippen MR) is 88.8 cm³/mol. The van der Waals surface area contributed by atoms with Gasteiger partial charge in [-0.25, -0.2) is 0 Å². The molecule has 0 aliphatic rings. The highest BCUT2D eigenvalue weighted by Crippen LogP contribution is 2.43. The monoisotopic (exact) mass is 338 g/mol. The molecule has 1 atom stereocenters. The van der Waals surface area contributed by atoms with Gasteiger partial charge >= 0.3 is 0 Å². The summed E-state index contributed by atoms with van der Waals surface area (Å²) in [6, 6.07) is 6.84. The van der Waals surface area contributed by atoms with Crippen LogP contribution in [-0.2, 0) is 0 Å². The Balaban J connectivity index is 2.67. The summed E-state index contributed by atoms with van der Waals surface area (Å²) in [5.41, 5.74) is 1.81. The van der Waals surface area contributed by atoms with E-state index in [9.17, 15) is 10.2 Å². The molecule has 0 heterocycles. The SMILES string of the molecule is COc1cc(-c2cc(Cl)c(O)c(C(C)O)c2)cc(OC)c1OC. The molecule has 2 aromatic carbocycles. The van der Waals surface area contributed by atoms with Gasteiger partial charge in [0.15, 0.2) is 11.5 Å². The highest BCUT2D eigenvalue weighted by atomic mass is 35.5. The quantitative estimate of drug-likeness (QED) is 0.868. The van der Waals surface area contributed by atoms with Gasteiger partial charge in [-0.05, 0) is 42.3 Å². The summed E-state index contributed by atoms with van der Waals surface area (Å²) in [4.78, 5) is 0. The molecule has 5 nitrogen and oxygen atoms in total. The summed E-state index contributed by atoms with van der Waals surface area (Å²) in [7, 11) is 4.60. The van der Waals surface area contributed by atoms with Crippen molar-refractivity contribution in [1.82, 2.24) is 0 Å².